The van der Waals surface area contributed by atoms with E-state index >= 15 is 0 Å². The molecule has 3 amide bonds. The van der Waals surface area contributed by atoms with Crippen molar-refractivity contribution in [2.24, 2.45) is 0 Å². The number of carbonyl (C=O) groups excluding carboxylic acids is 3. The second-order valence-electron chi connectivity index (χ2n) is 7.54. The molecule has 0 aromatic heterocycles. The lowest BCUT2D eigenvalue weighted by atomic mass is 10.1. The fourth-order valence-corrected chi connectivity index (χ4v) is 3.87. The molecule has 0 bridgehead atoms. The molecule has 0 saturated carbocycles. The molecule has 7 heteroatoms. The Morgan fingerprint density at radius 1 is 1.16 bits per heavy atom. The van der Waals surface area contributed by atoms with Crippen molar-refractivity contribution in [3.8, 4) is 5.75 Å². The largest absolute Gasteiger partial charge is 0.491 e. The number of thioether (sulfide) groups is 1. The summed E-state index contributed by atoms with van der Waals surface area (Å²) in [4.78, 5) is 38.7. The highest BCUT2D eigenvalue weighted by molar-refractivity contribution is 8.18. The molecular weight excluding hydrogens is 412 g/mol. The van der Waals surface area contributed by atoms with Gasteiger partial charge in [-0.1, -0.05) is 36.8 Å². The SMILES string of the molecule is CC[C@@H](C)Oc1ccc(/C=C2\SC(=O)N(CC(=O)Nc3ccc(C)cc3C)C2=O)cc1. The number of nitrogens with one attached hydrogen (secondary N) is 1. The van der Waals surface area contributed by atoms with Crippen LogP contribution in [0.2, 0.25) is 0 Å². The maximum absolute atomic E-state index is 12.7. The van der Waals surface area contributed by atoms with Gasteiger partial charge in [-0.3, -0.25) is 19.3 Å². The van der Waals surface area contributed by atoms with Gasteiger partial charge in [-0.2, -0.15) is 0 Å². The van der Waals surface area contributed by atoms with Crippen LogP contribution in [-0.2, 0) is 9.59 Å². The van der Waals surface area contributed by atoms with Gasteiger partial charge in [-0.25, -0.2) is 0 Å². The molecule has 0 aliphatic carbocycles. The molecule has 1 heterocycles. The Morgan fingerprint density at radius 3 is 2.52 bits per heavy atom. The van der Waals surface area contributed by atoms with E-state index < -0.39 is 17.1 Å². The van der Waals surface area contributed by atoms with Gasteiger partial charge in [0.1, 0.15) is 12.3 Å². The van der Waals surface area contributed by atoms with Crippen LogP contribution in [0.3, 0.4) is 0 Å². The van der Waals surface area contributed by atoms with E-state index in [1.807, 2.05) is 63.2 Å². The third kappa shape index (κ3) is 5.76. The van der Waals surface area contributed by atoms with Crippen LogP contribution < -0.4 is 10.1 Å². The number of carbonyl (C=O) groups is 3. The van der Waals surface area contributed by atoms with E-state index in [9.17, 15) is 14.4 Å². The zero-order valence-corrected chi connectivity index (χ0v) is 18.9. The molecule has 3 rings (SSSR count). The first-order valence-corrected chi connectivity index (χ1v) is 11.0. The van der Waals surface area contributed by atoms with Crippen molar-refractivity contribution in [1.82, 2.24) is 4.90 Å². The van der Waals surface area contributed by atoms with E-state index in [1.54, 1.807) is 6.08 Å². The number of aryl methyl sites for hydroxylation is 2. The Hall–Kier alpha value is -3.06. The average Bonchev–Trinajstić information content (AvgIpc) is 2.98. The number of imide groups is 1. The van der Waals surface area contributed by atoms with E-state index in [2.05, 4.69) is 12.2 Å². The number of hydrogen-bond donors (Lipinski definition) is 1. The topological polar surface area (TPSA) is 75.7 Å². The Labute approximate surface area is 186 Å². The second kappa shape index (κ2) is 9.83. The number of benzene rings is 2. The molecule has 1 saturated heterocycles. The van der Waals surface area contributed by atoms with Crippen LogP contribution in [0.1, 0.15) is 37.0 Å². The summed E-state index contributed by atoms with van der Waals surface area (Å²) >= 11 is 0.836. The number of amides is 3. The van der Waals surface area contributed by atoms with E-state index in [1.165, 1.54) is 0 Å². The summed E-state index contributed by atoms with van der Waals surface area (Å²) in [5.41, 5.74) is 3.45. The average molecular weight is 439 g/mol. The van der Waals surface area contributed by atoms with Gasteiger partial charge in [0.15, 0.2) is 0 Å². The Bertz CT molecular complexity index is 1030. The van der Waals surface area contributed by atoms with Gasteiger partial charge in [0.2, 0.25) is 5.91 Å². The summed E-state index contributed by atoms with van der Waals surface area (Å²) in [7, 11) is 0. The maximum atomic E-state index is 12.7. The van der Waals surface area contributed by atoms with Crippen molar-refractivity contribution < 1.29 is 19.1 Å². The molecule has 6 nitrogen and oxygen atoms in total. The van der Waals surface area contributed by atoms with Crippen molar-refractivity contribution in [3.63, 3.8) is 0 Å². The van der Waals surface area contributed by atoms with Crippen LogP contribution in [0, 0.1) is 13.8 Å². The molecule has 1 fully saturated rings. The molecule has 1 aliphatic rings. The highest BCUT2D eigenvalue weighted by atomic mass is 32.2. The number of nitrogens with zero attached hydrogens (tertiary/aromatic N) is 1. The lowest BCUT2D eigenvalue weighted by Gasteiger charge is -2.14. The van der Waals surface area contributed by atoms with Crippen molar-refractivity contribution in [3.05, 3.63) is 64.1 Å². The van der Waals surface area contributed by atoms with Crippen LogP contribution in [0.4, 0.5) is 10.5 Å². The van der Waals surface area contributed by atoms with Crippen LogP contribution in [0.25, 0.3) is 6.08 Å². The molecule has 31 heavy (non-hydrogen) atoms. The normalized spacial score (nSPS) is 16.0. The zero-order chi connectivity index (χ0) is 22.5. The molecule has 0 radical (unpaired) electrons. The van der Waals surface area contributed by atoms with E-state index in [0.717, 1.165) is 45.5 Å². The van der Waals surface area contributed by atoms with Gasteiger partial charge in [0.25, 0.3) is 11.1 Å². The number of rotatable bonds is 7. The van der Waals surface area contributed by atoms with Crippen LogP contribution in [0.5, 0.6) is 5.75 Å². The Kier molecular flexibility index (Phi) is 7.17. The zero-order valence-electron chi connectivity index (χ0n) is 18.1. The first-order valence-electron chi connectivity index (χ1n) is 10.2. The molecule has 162 valence electrons. The summed E-state index contributed by atoms with van der Waals surface area (Å²) < 4.78 is 5.75. The van der Waals surface area contributed by atoms with Gasteiger partial charge in [-0.05, 0) is 74.4 Å². The lowest BCUT2D eigenvalue weighted by molar-refractivity contribution is -0.127. The van der Waals surface area contributed by atoms with Crippen molar-refractivity contribution in [2.45, 2.75) is 40.2 Å². The minimum absolute atomic E-state index is 0.122. The standard InChI is InChI=1S/C24H26N2O4S/c1-5-17(4)30-19-9-7-18(8-10-19)13-21-23(28)26(24(29)31-21)14-22(27)25-20-11-6-15(2)12-16(20)3/h6-13,17H,5,14H2,1-4H3,(H,25,27)/b21-13-/t17-/m1/s1. The molecule has 1 aliphatic heterocycles. The fourth-order valence-electron chi connectivity index (χ4n) is 3.03. The highest BCUT2D eigenvalue weighted by Gasteiger charge is 2.36. The van der Waals surface area contributed by atoms with Gasteiger partial charge in [-0.15, -0.1) is 0 Å². The third-order valence-electron chi connectivity index (χ3n) is 4.92. The van der Waals surface area contributed by atoms with Crippen molar-refractivity contribution in [1.29, 1.82) is 0 Å². The lowest BCUT2D eigenvalue weighted by Crippen LogP contribution is -2.36. The molecule has 2 aromatic carbocycles. The quantitative estimate of drug-likeness (QED) is 0.605. The third-order valence-corrected chi connectivity index (χ3v) is 5.83. The van der Waals surface area contributed by atoms with Gasteiger partial charge < -0.3 is 10.1 Å². The molecule has 1 atom stereocenters. The molecule has 0 unspecified atom stereocenters. The number of ether oxygens (including phenoxy) is 1. The smallest absolute Gasteiger partial charge is 0.294 e. The number of hydrogen-bond acceptors (Lipinski definition) is 5. The molecule has 2 aromatic rings. The van der Waals surface area contributed by atoms with E-state index in [0.29, 0.717) is 10.6 Å². The minimum Gasteiger partial charge on any atom is -0.491 e. The molecule has 0 spiro atoms. The van der Waals surface area contributed by atoms with E-state index in [4.69, 9.17) is 4.74 Å². The summed E-state index contributed by atoms with van der Waals surface area (Å²) in [5, 5.41) is 2.31. The molecular formula is C24H26N2O4S. The van der Waals surface area contributed by atoms with Gasteiger partial charge >= 0.3 is 0 Å². The monoisotopic (exact) mass is 438 g/mol. The summed E-state index contributed by atoms with van der Waals surface area (Å²) in [6.07, 6.45) is 2.68. The Morgan fingerprint density at radius 2 is 1.87 bits per heavy atom. The Balaban J connectivity index is 1.65. The maximum Gasteiger partial charge on any atom is 0.294 e. The van der Waals surface area contributed by atoms with Crippen molar-refractivity contribution in [2.75, 3.05) is 11.9 Å². The summed E-state index contributed by atoms with van der Waals surface area (Å²) in [5.74, 6) is -0.129. The van der Waals surface area contributed by atoms with Crippen LogP contribution >= 0.6 is 11.8 Å². The second-order valence-corrected chi connectivity index (χ2v) is 8.53. The number of anilines is 1. The van der Waals surface area contributed by atoms with E-state index in [-0.39, 0.29) is 12.6 Å². The fraction of sp³-hybridized carbons (Fsp3) is 0.292. The van der Waals surface area contributed by atoms with Gasteiger partial charge in [0.05, 0.1) is 11.0 Å². The first-order chi connectivity index (χ1) is 14.8. The predicted octanol–water partition coefficient (Wildman–Crippen LogP) is 5.16. The first kappa shape index (κ1) is 22.6. The molecule has 1 N–H and O–H groups in total. The minimum atomic E-state index is -0.467. The van der Waals surface area contributed by atoms with Crippen LogP contribution in [0.15, 0.2) is 47.4 Å². The predicted molar refractivity (Wildman–Crippen MR) is 124 cm³/mol. The van der Waals surface area contributed by atoms with Crippen LogP contribution in [-0.4, -0.2) is 34.6 Å². The van der Waals surface area contributed by atoms with Gasteiger partial charge in [0, 0.05) is 5.69 Å². The highest BCUT2D eigenvalue weighted by Crippen LogP contribution is 2.32. The summed E-state index contributed by atoms with van der Waals surface area (Å²) in [6.45, 7) is 7.59. The van der Waals surface area contributed by atoms with Crippen molar-refractivity contribution >= 4 is 40.6 Å². The summed E-state index contributed by atoms with van der Waals surface area (Å²) in [6, 6.07) is 13.0.